The summed E-state index contributed by atoms with van der Waals surface area (Å²) in [4.78, 5) is 37.7. The van der Waals surface area contributed by atoms with Crippen LogP contribution in [0.2, 0.25) is 0 Å². The van der Waals surface area contributed by atoms with Crippen LogP contribution in [0.1, 0.15) is 23.8 Å². The van der Waals surface area contributed by atoms with Crippen LogP contribution < -0.4 is 20.4 Å². The fourth-order valence-electron chi connectivity index (χ4n) is 3.51. The van der Waals surface area contributed by atoms with Gasteiger partial charge in [-0.05, 0) is 37.6 Å². The second kappa shape index (κ2) is 7.15. The Morgan fingerprint density at radius 3 is 2.93 bits per heavy atom. The van der Waals surface area contributed by atoms with Gasteiger partial charge in [0.2, 0.25) is 0 Å². The third-order valence-corrected chi connectivity index (χ3v) is 4.84. The van der Waals surface area contributed by atoms with E-state index in [1.807, 2.05) is 6.07 Å². The molecule has 0 unspecified atom stereocenters. The van der Waals surface area contributed by atoms with Crippen LogP contribution in [0.15, 0.2) is 36.5 Å². The van der Waals surface area contributed by atoms with Gasteiger partial charge >= 0.3 is 6.03 Å². The van der Waals surface area contributed by atoms with Crippen molar-refractivity contribution in [3.8, 4) is 6.07 Å². The first kappa shape index (κ1) is 17.7. The quantitative estimate of drug-likeness (QED) is 0.842. The lowest BCUT2D eigenvalue weighted by molar-refractivity contribution is 0.0943. The van der Waals surface area contributed by atoms with Gasteiger partial charge < -0.3 is 10.2 Å². The summed E-state index contributed by atoms with van der Waals surface area (Å²) in [5, 5.41) is 14.3. The van der Waals surface area contributed by atoms with Crippen molar-refractivity contribution in [1.29, 1.82) is 5.26 Å². The highest BCUT2D eigenvalue weighted by atomic mass is 16.2. The van der Waals surface area contributed by atoms with Gasteiger partial charge in [0.25, 0.3) is 5.91 Å². The van der Waals surface area contributed by atoms with E-state index in [1.54, 1.807) is 48.4 Å². The van der Waals surface area contributed by atoms with Gasteiger partial charge in [-0.2, -0.15) is 5.26 Å². The van der Waals surface area contributed by atoms with Crippen LogP contribution in [0.3, 0.4) is 0 Å². The van der Waals surface area contributed by atoms with Crippen LogP contribution in [0.25, 0.3) is 0 Å². The largest absolute Gasteiger partial charge is 0.366 e. The normalized spacial score (nSPS) is 18.1. The van der Waals surface area contributed by atoms with Gasteiger partial charge in [-0.3, -0.25) is 15.0 Å². The molecule has 1 fully saturated rings. The first-order valence-electron chi connectivity index (χ1n) is 9.04. The molecule has 9 nitrogen and oxygen atoms in total. The number of fused-ring (bicyclic) bond motifs is 4. The molecule has 2 bridgehead atoms. The van der Waals surface area contributed by atoms with E-state index >= 15 is 0 Å². The van der Waals surface area contributed by atoms with Gasteiger partial charge in [-0.1, -0.05) is 6.07 Å². The third-order valence-electron chi connectivity index (χ3n) is 4.84. The maximum atomic E-state index is 13.0. The molecule has 142 valence electrons. The fraction of sp³-hybridized carbons (Fsp3) is 0.316. The Bertz CT molecular complexity index is 956. The number of hydrogen-bond acceptors (Lipinski definition) is 6. The Labute approximate surface area is 162 Å². The predicted molar refractivity (Wildman–Crippen MR) is 103 cm³/mol. The smallest absolute Gasteiger partial charge is 0.329 e. The van der Waals surface area contributed by atoms with Crippen LogP contribution in [0, 0.1) is 11.3 Å². The lowest BCUT2D eigenvalue weighted by Crippen LogP contribution is -2.48. The molecule has 0 spiro atoms. The van der Waals surface area contributed by atoms with Gasteiger partial charge in [-0.25, -0.2) is 14.8 Å². The lowest BCUT2D eigenvalue weighted by atomic mass is 10.1. The predicted octanol–water partition coefficient (Wildman–Crippen LogP) is 1.75. The summed E-state index contributed by atoms with van der Waals surface area (Å²) >= 11 is 0. The van der Waals surface area contributed by atoms with E-state index in [9.17, 15) is 9.59 Å². The first-order chi connectivity index (χ1) is 13.6. The van der Waals surface area contributed by atoms with Gasteiger partial charge in [0.1, 0.15) is 17.6 Å². The number of anilines is 3. The van der Waals surface area contributed by atoms with Crippen molar-refractivity contribution in [2.45, 2.75) is 25.4 Å². The summed E-state index contributed by atoms with van der Waals surface area (Å²) < 4.78 is 0. The zero-order chi connectivity index (χ0) is 19.7. The van der Waals surface area contributed by atoms with Crippen molar-refractivity contribution in [3.63, 3.8) is 0 Å². The molecule has 0 radical (unpaired) electrons. The number of carbonyl (C=O) groups excluding carboxylic acids is 2. The minimum absolute atomic E-state index is 0.0277. The van der Waals surface area contributed by atoms with Crippen LogP contribution in [-0.2, 0) is 0 Å². The number of pyridine rings is 2. The number of nitriles is 1. The molecule has 2 N–H and O–H groups in total. The molecule has 9 heteroatoms. The SMILES string of the molecule is C[C@H](C#N)NC(=O)c1ccc2c(n1)N(C(=O)Nc1ccccn1)[C@H]1CCN2C1. The number of nitrogens with zero attached hydrogens (tertiary/aromatic N) is 5. The molecule has 2 aromatic heterocycles. The molecule has 2 aromatic rings. The van der Waals surface area contributed by atoms with Crippen molar-refractivity contribution in [1.82, 2.24) is 15.3 Å². The molecule has 2 aliphatic heterocycles. The van der Waals surface area contributed by atoms with E-state index in [0.717, 1.165) is 25.2 Å². The fourth-order valence-corrected chi connectivity index (χ4v) is 3.51. The number of nitrogens with one attached hydrogen (secondary N) is 2. The second-order valence-corrected chi connectivity index (χ2v) is 6.77. The molecule has 2 aliphatic rings. The van der Waals surface area contributed by atoms with E-state index < -0.39 is 11.9 Å². The maximum Gasteiger partial charge on any atom is 0.329 e. The number of aromatic nitrogens is 2. The molecule has 28 heavy (non-hydrogen) atoms. The number of amides is 3. The van der Waals surface area contributed by atoms with E-state index in [2.05, 4.69) is 25.5 Å². The van der Waals surface area contributed by atoms with Crippen molar-refractivity contribution >= 4 is 29.3 Å². The topological polar surface area (TPSA) is 114 Å². The monoisotopic (exact) mass is 377 g/mol. The molecule has 4 rings (SSSR count). The van der Waals surface area contributed by atoms with Crippen LogP contribution >= 0.6 is 0 Å². The molecule has 0 aromatic carbocycles. The van der Waals surface area contributed by atoms with Gasteiger partial charge in [0, 0.05) is 19.3 Å². The molecule has 0 aliphatic carbocycles. The van der Waals surface area contributed by atoms with E-state index in [4.69, 9.17) is 5.26 Å². The zero-order valence-corrected chi connectivity index (χ0v) is 15.3. The summed E-state index contributed by atoms with van der Waals surface area (Å²) in [6.07, 6.45) is 2.42. The van der Waals surface area contributed by atoms with Crippen molar-refractivity contribution in [2.75, 3.05) is 28.2 Å². The van der Waals surface area contributed by atoms with Crippen molar-refractivity contribution in [3.05, 3.63) is 42.2 Å². The highest BCUT2D eigenvalue weighted by Gasteiger charge is 2.40. The minimum atomic E-state index is -0.631. The second-order valence-electron chi connectivity index (χ2n) is 6.77. The van der Waals surface area contributed by atoms with Gasteiger partial charge in [0.15, 0.2) is 5.82 Å². The molecule has 3 amide bonds. The molecular formula is C19H19N7O2. The number of carbonyl (C=O) groups is 2. The van der Waals surface area contributed by atoms with Crippen molar-refractivity contribution < 1.29 is 9.59 Å². The first-order valence-corrected chi connectivity index (χ1v) is 9.04. The van der Waals surface area contributed by atoms with E-state index in [0.29, 0.717) is 11.6 Å². The molecule has 0 saturated carbocycles. The molecule has 4 heterocycles. The molecule has 2 atom stereocenters. The van der Waals surface area contributed by atoms with E-state index in [-0.39, 0.29) is 17.8 Å². The van der Waals surface area contributed by atoms with Crippen LogP contribution in [0.4, 0.5) is 22.1 Å². The maximum absolute atomic E-state index is 13.0. The molecular weight excluding hydrogens is 358 g/mol. The van der Waals surface area contributed by atoms with Gasteiger partial charge in [0.05, 0.1) is 17.8 Å². The zero-order valence-electron chi connectivity index (χ0n) is 15.3. The Hall–Kier alpha value is -3.67. The average Bonchev–Trinajstić information content (AvgIpc) is 3.12. The van der Waals surface area contributed by atoms with Crippen LogP contribution in [-0.4, -0.2) is 47.1 Å². The molecule has 1 saturated heterocycles. The Kier molecular flexibility index (Phi) is 4.53. The summed E-state index contributed by atoms with van der Waals surface area (Å²) in [5.41, 5.74) is 0.980. The summed E-state index contributed by atoms with van der Waals surface area (Å²) in [7, 11) is 0. The number of urea groups is 1. The Morgan fingerprint density at radius 1 is 1.32 bits per heavy atom. The number of rotatable bonds is 3. The minimum Gasteiger partial charge on any atom is -0.366 e. The van der Waals surface area contributed by atoms with Crippen LogP contribution in [0.5, 0.6) is 0 Å². The van der Waals surface area contributed by atoms with Crippen molar-refractivity contribution in [2.24, 2.45) is 0 Å². The lowest BCUT2D eigenvalue weighted by Gasteiger charge is -2.35. The average molecular weight is 377 g/mol. The van der Waals surface area contributed by atoms with Gasteiger partial charge in [-0.15, -0.1) is 0 Å². The third kappa shape index (κ3) is 3.20. The highest BCUT2D eigenvalue weighted by molar-refractivity contribution is 6.05. The van der Waals surface area contributed by atoms with E-state index in [1.165, 1.54) is 0 Å². The summed E-state index contributed by atoms with van der Waals surface area (Å²) in [6.45, 7) is 3.14. The highest BCUT2D eigenvalue weighted by Crippen LogP contribution is 2.39. The number of hydrogen-bond donors (Lipinski definition) is 2. The Balaban J connectivity index is 1.66. The summed E-state index contributed by atoms with van der Waals surface area (Å²) in [6, 6.07) is 9.66. The standard InChI is InChI=1S/C19H19N7O2/c1-12(10-20)22-18(27)14-5-6-15-17(23-14)26(13-7-9-25(15)11-13)19(28)24-16-4-2-3-8-21-16/h2-6,8,12-13H,7,9,11H2,1H3,(H,22,27)(H,21,24,28)/t12-,13+/m1/s1. The summed E-state index contributed by atoms with van der Waals surface area (Å²) in [5.74, 6) is 0.445. The Morgan fingerprint density at radius 2 is 2.18 bits per heavy atom.